The lowest BCUT2D eigenvalue weighted by atomic mass is 9.73. The highest BCUT2D eigenvalue weighted by Gasteiger charge is 2.46. The second-order valence-corrected chi connectivity index (χ2v) is 7.08. The molecule has 0 unspecified atom stereocenters. The Hall–Kier alpha value is -3.78. The third kappa shape index (κ3) is 4.10. The van der Waals surface area contributed by atoms with Crippen molar-refractivity contribution in [2.24, 2.45) is 0 Å². The zero-order chi connectivity index (χ0) is 22.4. The van der Waals surface area contributed by atoms with Crippen molar-refractivity contribution in [2.45, 2.75) is 44.9 Å². The normalized spacial score (nSPS) is 12.8. The lowest BCUT2D eigenvalue weighted by Crippen LogP contribution is -2.29. The summed E-state index contributed by atoms with van der Waals surface area (Å²) in [6, 6.07) is 11.3. The van der Waals surface area contributed by atoms with Crippen LogP contribution in [0.2, 0.25) is 0 Å². The van der Waals surface area contributed by atoms with Gasteiger partial charge in [-0.15, -0.1) is 0 Å². The van der Waals surface area contributed by atoms with E-state index in [0.717, 1.165) is 11.1 Å². The summed E-state index contributed by atoms with van der Waals surface area (Å²) < 4.78 is 10.2. The minimum atomic E-state index is -0.835. The van der Waals surface area contributed by atoms with Crippen molar-refractivity contribution in [3.63, 3.8) is 0 Å². The van der Waals surface area contributed by atoms with Gasteiger partial charge in [-0.05, 0) is 32.3 Å². The molecule has 158 valence electrons. The molecule has 0 bridgehead atoms. The Bertz CT molecular complexity index is 1080. The number of nitrogens with zero attached hydrogens (tertiary/aromatic N) is 4. The van der Waals surface area contributed by atoms with Gasteiger partial charge < -0.3 is 9.47 Å². The molecule has 1 heterocycles. The molecule has 0 fully saturated rings. The highest BCUT2D eigenvalue weighted by Crippen LogP contribution is 2.52. The number of hydrogen-bond donors (Lipinski definition) is 0. The van der Waals surface area contributed by atoms with Crippen LogP contribution in [0.1, 0.15) is 62.2 Å². The Morgan fingerprint density at radius 2 is 1.48 bits per heavy atom. The summed E-state index contributed by atoms with van der Waals surface area (Å²) in [7, 11) is 0. The Morgan fingerprint density at radius 1 is 0.935 bits per heavy atom. The average molecular weight is 418 g/mol. The number of fused-ring (bicyclic) bond motifs is 3. The summed E-state index contributed by atoms with van der Waals surface area (Å²) >= 11 is 0. The second-order valence-electron chi connectivity index (χ2n) is 7.08. The molecule has 0 N–H and O–H groups in total. The van der Waals surface area contributed by atoms with Crippen LogP contribution in [0.4, 0.5) is 0 Å². The van der Waals surface area contributed by atoms with Crippen molar-refractivity contribution in [1.82, 2.24) is 9.97 Å². The van der Waals surface area contributed by atoms with Crippen molar-refractivity contribution in [1.29, 1.82) is 10.5 Å². The number of carbonyl (C=O) groups excluding carboxylic acids is 2. The van der Waals surface area contributed by atoms with Gasteiger partial charge in [0, 0.05) is 23.8 Å². The van der Waals surface area contributed by atoms with E-state index in [1.54, 1.807) is 13.8 Å². The fraction of sp³-hybridized carbons (Fsp3) is 0.391. The first-order chi connectivity index (χ1) is 15.0. The molecule has 0 spiro atoms. The van der Waals surface area contributed by atoms with Crippen molar-refractivity contribution in [2.75, 3.05) is 13.2 Å². The minimum absolute atomic E-state index is 0.0531. The SMILES string of the molecule is CCOC(=O)CCC1(CCC(=O)OCC)c2ccccc2-c2nc(C#N)c(C#N)nc21. The number of carbonyl (C=O) groups is 2. The molecule has 31 heavy (non-hydrogen) atoms. The maximum Gasteiger partial charge on any atom is 0.305 e. The van der Waals surface area contributed by atoms with E-state index < -0.39 is 5.41 Å². The Morgan fingerprint density at radius 3 is 2.03 bits per heavy atom. The summed E-state index contributed by atoms with van der Waals surface area (Å²) in [5.74, 6) is -0.711. The number of rotatable bonds is 8. The number of hydrogen-bond acceptors (Lipinski definition) is 8. The third-order valence-electron chi connectivity index (χ3n) is 5.38. The van der Waals surface area contributed by atoms with Gasteiger partial charge in [0.1, 0.15) is 12.1 Å². The van der Waals surface area contributed by atoms with Gasteiger partial charge in [-0.25, -0.2) is 9.97 Å². The first-order valence-corrected chi connectivity index (χ1v) is 10.1. The molecule has 0 saturated heterocycles. The van der Waals surface area contributed by atoms with Crippen molar-refractivity contribution in [3.05, 3.63) is 46.9 Å². The smallest absolute Gasteiger partial charge is 0.305 e. The molecule has 2 aromatic rings. The van der Waals surface area contributed by atoms with E-state index in [1.165, 1.54) is 0 Å². The molecule has 0 atom stereocenters. The fourth-order valence-electron chi connectivity index (χ4n) is 4.08. The lowest BCUT2D eigenvalue weighted by molar-refractivity contribution is -0.143. The molecule has 3 rings (SSSR count). The van der Waals surface area contributed by atoms with Gasteiger partial charge in [0.2, 0.25) is 0 Å². The molecular formula is C23H22N4O4. The van der Waals surface area contributed by atoms with Gasteiger partial charge in [0.25, 0.3) is 0 Å². The molecule has 8 nitrogen and oxygen atoms in total. The number of aromatic nitrogens is 2. The van der Waals surface area contributed by atoms with Crippen molar-refractivity contribution in [3.8, 4) is 23.4 Å². The summed E-state index contributed by atoms with van der Waals surface area (Å²) in [5.41, 5.74) is 1.67. The fourth-order valence-corrected chi connectivity index (χ4v) is 4.08. The largest absolute Gasteiger partial charge is 0.466 e. The quantitative estimate of drug-likeness (QED) is 0.598. The predicted molar refractivity (Wildman–Crippen MR) is 109 cm³/mol. The molecule has 8 heteroatoms. The van der Waals surface area contributed by atoms with E-state index in [1.807, 2.05) is 36.4 Å². The van der Waals surface area contributed by atoms with E-state index in [0.29, 0.717) is 24.2 Å². The predicted octanol–water partition coefficient (Wildman–Crippen LogP) is 3.17. The molecule has 0 aliphatic heterocycles. The van der Waals surface area contributed by atoms with Crippen LogP contribution in [0, 0.1) is 22.7 Å². The monoisotopic (exact) mass is 418 g/mol. The van der Waals surface area contributed by atoms with Crippen LogP contribution in [-0.4, -0.2) is 35.1 Å². The summed E-state index contributed by atoms with van der Waals surface area (Å²) in [6.07, 6.45) is 0.851. The first kappa shape index (κ1) is 21.9. The van der Waals surface area contributed by atoms with E-state index in [9.17, 15) is 20.1 Å². The van der Waals surface area contributed by atoms with Crippen molar-refractivity contribution < 1.29 is 19.1 Å². The maximum atomic E-state index is 12.2. The van der Waals surface area contributed by atoms with Crippen LogP contribution in [0.25, 0.3) is 11.3 Å². The van der Waals surface area contributed by atoms with E-state index in [-0.39, 0.29) is 49.4 Å². The summed E-state index contributed by atoms with van der Waals surface area (Å²) in [6.45, 7) is 4.02. The van der Waals surface area contributed by atoms with Gasteiger partial charge in [-0.1, -0.05) is 24.3 Å². The molecular weight excluding hydrogens is 396 g/mol. The number of ether oxygens (including phenoxy) is 2. The lowest BCUT2D eigenvalue weighted by Gasteiger charge is -2.30. The highest BCUT2D eigenvalue weighted by molar-refractivity contribution is 5.79. The summed E-state index contributed by atoms with van der Waals surface area (Å²) in [4.78, 5) is 33.3. The minimum Gasteiger partial charge on any atom is -0.466 e. The molecule has 0 amide bonds. The average Bonchev–Trinajstić information content (AvgIpc) is 3.05. The number of benzene rings is 1. The van der Waals surface area contributed by atoms with Gasteiger partial charge >= 0.3 is 11.9 Å². The zero-order valence-electron chi connectivity index (χ0n) is 17.5. The first-order valence-electron chi connectivity index (χ1n) is 10.1. The number of esters is 2. The Labute approximate surface area is 180 Å². The Balaban J connectivity index is 2.16. The topological polar surface area (TPSA) is 126 Å². The van der Waals surface area contributed by atoms with E-state index in [2.05, 4.69) is 9.97 Å². The maximum absolute atomic E-state index is 12.2. The van der Waals surface area contributed by atoms with E-state index >= 15 is 0 Å². The van der Waals surface area contributed by atoms with Crippen LogP contribution in [-0.2, 0) is 24.5 Å². The van der Waals surface area contributed by atoms with Gasteiger partial charge in [0.15, 0.2) is 11.4 Å². The van der Waals surface area contributed by atoms with Crippen LogP contribution in [0.15, 0.2) is 24.3 Å². The van der Waals surface area contributed by atoms with Gasteiger partial charge in [-0.2, -0.15) is 10.5 Å². The van der Waals surface area contributed by atoms with Gasteiger partial charge in [-0.3, -0.25) is 9.59 Å². The van der Waals surface area contributed by atoms with Crippen LogP contribution >= 0.6 is 0 Å². The molecule has 0 radical (unpaired) electrons. The number of nitriles is 2. The Kier molecular flexibility index (Phi) is 6.61. The van der Waals surface area contributed by atoms with Crippen molar-refractivity contribution >= 4 is 11.9 Å². The molecule has 0 saturated carbocycles. The molecule has 1 aliphatic rings. The molecule has 1 aromatic carbocycles. The highest BCUT2D eigenvalue weighted by atomic mass is 16.5. The van der Waals surface area contributed by atoms with Crippen LogP contribution in [0.3, 0.4) is 0 Å². The van der Waals surface area contributed by atoms with Crippen LogP contribution in [0.5, 0.6) is 0 Å². The summed E-state index contributed by atoms with van der Waals surface area (Å²) in [5, 5.41) is 18.9. The standard InChI is InChI=1S/C23H22N4O4/c1-3-30-19(28)9-11-23(12-10-20(29)31-4-2)16-8-6-5-7-15(16)21-22(23)27-18(14-25)17(13-24)26-21/h5-8H,3-4,9-12H2,1-2H3. The second kappa shape index (κ2) is 9.36. The van der Waals surface area contributed by atoms with E-state index in [4.69, 9.17) is 9.47 Å². The van der Waals surface area contributed by atoms with Gasteiger partial charge in [0.05, 0.1) is 24.6 Å². The van der Waals surface area contributed by atoms with Crippen LogP contribution < -0.4 is 0 Å². The zero-order valence-corrected chi connectivity index (χ0v) is 17.5. The molecule has 1 aromatic heterocycles. The third-order valence-corrected chi connectivity index (χ3v) is 5.38. The molecule has 1 aliphatic carbocycles.